The summed E-state index contributed by atoms with van der Waals surface area (Å²) in [6.45, 7) is 1.13. The minimum absolute atomic E-state index is 0.375. The van der Waals surface area contributed by atoms with Gasteiger partial charge in [0.25, 0.3) is 0 Å². The second-order valence-electron chi connectivity index (χ2n) is 5.76. The van der Waals surface area contributed by atoms with Gasteiger partial charge in [-0.2, -0.15) is 0 Å². The van der Waals surface area contributed by atoms with Crippen molar-refractivity contribution in [1.29, 1.82) is 0 Å². The zero-order chi connectivity index (χ0) is 13.9. The van der Waals surface area contributed by atoms with E-state index in [0.29, 0.717) is 12.1 Å². The predicted molar refractivity (Wildman–Crippen MR) is 83.7 cm³/mol. The van der Waals surface area contributed by atoms with Gasteiger partial charge in [-0.3, -0.25) is 0 Å². The Kier molecular flexibility index (Phi) is 4.51. The molecule has 1 N–H and O–H groups in total. The lowest BCUT2D eigenvalue weighted by atomic mass is 9.95. The molecule has 0 radical (unpaired) electrons. The maximum Gasteiger partial charge on any atom is 0.164 e. The molecule has 2 aliphatic rings. The first-order valence-electron chi connectivity index (χ1n) is 7.52. The highest BCUT2D eigenvalue weighted by atomic mass is 79.9. The first-order chi connectivity index (χ1) is 9.76. The molecule has 0 aromatic heterocycles. The first kappa shape index (κ1) is 14.2. The molecule has 1 atom stereocenters. The van der Waals surface area contributed by atoms with Crippen LogP contribution in [0.2, 0.25) is 0 Å². The third-order valence-corrected chi connectivity index (χ3v) is 4.74. The third-order valence-electron chi connectivity index (χ3n) is 4.28. The number of ether oxygens (including phenoxy) is 2. The number of nitrogens with one attached hydrogen (secondary N) is 1. The zero-order valence-corrected chi connectivity index (χ0v) is 13.5. The number of hydrogen-bond donors (Lipinski definition) is 1. The molecule has 1 aromatic rings. The number of benzene rings is 1. The van der Waals surface area contributed by atoms with Crippen LogP contribution in [0.4, 0.5) is 0 Å². The quantitative estimate of drug-likeness (QED) is 0.887. The largest absolute Gasteiger partial charge is 0.493 e. The molecule has 20 heavy (non-hydrogen) atoms. The summed E-state index contributed by atoms with van der Waals surface area (Å²) in [6.07, 6.45) is 7.52. The van der Waals surface area contributed by atoms with Crippen LogP contribution in [0.5, 0.6) is 11.5 Å². The number of hydrogen-bond acceptors (Lipinski definition) is 3. The van der Waals surface area contributed by atoms with Gasteiger partial charge in [-0.05, 0) is 57.2 Å². The highest BCUT2D eigenvalue weighted by molar-refractivity contribution is 9.10. The van der Waals surface area contributed by atoms with Gasteiger partial charge in [-0.25, -0.2) is 0 Å². The van der Waals surface area contributed by atoms with Crippen molar-refractivity contribution < 1.29 is 9.47 Å². The Labute approximate surface area is 129 Å². The molecule has 1 aliphatic heterocycles. The van der Waals surface area contributed by atoms with Crippen molar-refractivity contribution >= 4 is 15.9 Å². The van der Waals surface area contributed by atoms with Crippen LogP contribution in [0.25, 0.3) is 0 Å². The topological polar surface area (TPSA) is 30.5 Å². The van der Waals surface area contributed by atoms with Crippen LogP contribution in [-0.2, 0) is 6.42 Å². The summed E-state index contributed by atoms with van der Waals surface area (Å²) in [5, 5.41) is 3.56. The Balaban J connectivity index is 1.85. The molecule has 0 spiro atoms. The van der Waals surface area contributed by atoms with Gasteiger partial charge in [-0.1, -0.05) is 15.9 Å². The van der Waals surface area contributed by atoms with Crippen LogP contribution in [0.1, 0.15) is 37.7 Å². The van der Waals surface area contributed by atoms with Crippen molar-refractivity contribution in [2.75, 3.05) is 13.7 Å². The summed E-state index contributed by atoms with van der Waals surface area (Å²) in [7, 11) is 1.72. The van der Waals surface area contributed by atoms with Crippen LogP contribution < -0.4 is 14.8 Å². The average Bonchev–Trinajstić information content (AvgIpc) is 2.87. The first-order valence-corrected chi connectivity index (χ1v) is 8.32. The molecule has 2 fully saturated rings. The van der Waals surface area contributed by atoms with Crippen LogP contribution in [-0.4, -0.2) is 25.8 Å². The van der Waals surface area contributed by atoms with Crippen LogP contribution in [0, 0.1) is 0 Å². The van der Waals surface area contributed by atoms with E-state index in [1.54, 1.807) is 7.11 Å². The Morgan fingerprint density at radius 1 is 1.25 bits per heavy atom. The molecule has 3 nitrogen and oxygen atoms in total. The van der Waals surface area contributed by atoms with E-state index in [2.05, 4.69) is 27.3 Å². The second-order valence-corrected chi connectivity index (χ2v) is 6.68. The van der Waals surface area contributed by atoms with Gasteiger partial charge in [-0.15, -0.1) is 0 Å². The van der Waals surface area contributed by atoms with Crippen molar-refractivity contribution in [3.05, 3.63) is 22.2 Å². The number of rotatable bonds is 5. The van der Waals surface area contributed by atoms with E-state index in [4.69, 9.17) is 9.47 Å². The fourth-order valence-electron chi connectivity index (χ4n) is 2.91. The molecule has 0 bridgehead atoms. The second kappa shape index (κ2) is 6.35. The van der Waals surface area contributed by atoms with Gasteiger partial charge in [0, 0.05) is 16.1 Å². The monoisotopic (exact) mass is 339 g/mol. The summed E-state index contributed by atoms with van der Waals surface area (Å²) >= 11 is 3.58. The zero-order valence-electron chi connectivity index (χ0n) is 12.0. The van der Waals surface area contributed by atoms with E-state index in [-0.39, 0.29) is 0 Å². The lowest BCUT2D eigenvalue weighted by Crippen LogP contribution is -2.27. The van der Waals surface area contributed by atoms with E-state index in [1.807, 2.05) is 6.07 Å². The van der Waals surface area contributed by atoms with Gasteiger partial charge in [0.15, 0.2) is 11.5 Å². The SMILES string of the molecule is COc1cc(Br)cc(CC2CCCN2)c1OC1CCC1. The maximum atomic E-state index is 6.20. The highest BCUT2D eigenvalue weighted by Gasteiger charge is 2.24. The molecule has 1 saturated heterocycles. The molecule has 1 aliphatic carbocycles. The minimum atomic E-state index is 0.375. The Morgan fingerprint density at radius 3 is 2.70 bits per heavy atom. The summed E-state index contributed by atoms with van der Waals surface area (Å²) in [5.41, 5.74) is 1.25. The molecule has 1 unspecified atom stereocenters. The van der Waals surface area contributed by atoms with Crippen LogP contribution >= 0.6 is 15.9 Å². The molecule has 1 saturated carbocycles. The molecule has 110 valence electrons. The number of halogens is 1. The summed E-state index contributed by atoms with van der Waals surface area (Å²) in [4.78, 5) is 0. The fourth-order valence-corrected chi connectivity index (χ4v) is 3.40. The summed E-state index contributed by atoms with van der Waals surface area (Å²) in [6, 6.07) is 4.74. The summed E-state index contributed by atoms with van der Waals surface area (Å²) in [5.74, 6) is 1.80. The van der Waals surface area contributed by atoms with E-state index in [1.165, 1.54) is 37.7 Å². The molecule has 4 heteroatoms. The number of methoxy groups -OCH3 is 1. The van der Waals surface area contributed by atoms with Gasteiger partial charge >= 0.3 is 0 Å². The fraction of sp³-hybridized carbons (Fsp3) is 0.625. The van der Waals surface area contributed by atoms with E-state index in [9.17, 15) is 0 Å². The van der Waals surface area contributed by atoms with Crippen molar-refractivity contribution in [2.45, 2.75) is 50.7 Å². The summed E-state index contributed by atoms with van der Waals surface area (Å²) < 4.78 is 12.8. The minimum Gasteiger partial charge on any atom is -0.493 e. The van der Waals surface area contributed by atoms with Crippen LogP contribution in [0.3, 0.4) is 0 Å². The van der Waals surface area contributed by atoms with E-state index < -0.39 is 0 Å². The third kappa shape index (κ3) is 3.12. The maximum absolute atomic E-state index is 6.20. The van der Waals surface area contributed by atoms with Crippen molar-refractivity contribution in [3.63, 3.8) is 0 Å². The Hall–Kier alpha value is -0.740. The molecule has 0 amide bonds. The highest BCUT2D eigenvalue weighted by Crippen LogP contribution is 2.39. The molecule has 1 aromatic carbocycles. The lowest BCUT2D eigenvalue weighted by molar-refractivity contribution is 0.114. The Morgan fingerprint density at radius 2 is 2.10 bits per heavy atom. The Bertz CT molecular complexity index is 468. The average molecular weight is 340 g/mol. The van der Waals surface area contributed by atoms with Gasteiger partial charge in [0.2, 0.25) is 0 Å². The van der Waals surface area contributed by atoms with Gasteiger partial charge in [0.1, 0.15) is 0 Å². The normalized spacial score (nSPS) is 22.6. The molecule has 3 rings (SSSR count). The standard InChI is InChI=1S/C16H22BrNO2/c1-19-15-10-12(17)8-11(9-13-4-3-7-18-13)16(15)20-14-5-2-6-14/h8,10,13-14,18H,2-7,9H2,1H3. The lowest BCUT2D eigenvalue weighted by Gasteiger charge is -2.29. The van der Waals surface area contributed by atoms with Gasteiger partial charge in [0.05, 0.1) is 13.2 Å². The van der Waals surface area contributed by atoms with Gasteiger partial charge < -0.3 is 14.8 Å². The molecular weight excluding hydrogens is 318 g/mol. The van der Waals surface area contributed by atoms with Crippen molar-refractivity contribution in [1.82, 2.24) is 5.32 Å². The smallest absolute Gasteiger partial charge is 0.164 e. The van der Waals surface area contributed by atoms with Crippen molar-refractivity contribution in [3.8, 4) is 11.5 Å². The predicted octanol–water partition coefficient (Wildman–Crippen LogP) is 3.68. The molecule has 1 heterocycles. The molecular formula is C16H22BrNO2. The van der Waals surface area contributed by atoms with Crippen LogP contribution in [0.15, 0.2) is 16.6 Å². The van der Waals surface area contributed by atoms with E-state index in [0.717, 1.165) is 28.9 Å². The van der Waals surface area contributed by atoms with Crippen molar-refractivity contribution in [2.24, 2.45) is 0 Å². The van der Waals surface area contributed by atoms with E-state index >= 15 is 0 Å².